The van der Waals surface area contributed by atoms with Crippen molar-refractivity contribution in [1.29, 1.82) is 0 Å². The number of hydrogen-bond acceptors (Lipinski definition) is 10. The Bertz CT molecular complexity index is 764. The van der Waals surface area contributed by atoms with E-state index in [1.165, 1.54) is 83.5 Å². The molecule has 0 unspecified atom stereocenters. The molecule has 1 fully saturated rings. The first-order valence-electron chi connectivity index (χ1n) is 19.4. The van der Waals surface area contributed by atoms with E-state index < -0.39 is 49.4 Å². The number of ether oxygens (including phenoxy) is 4. The summed E-state index contributed by atoms with van der Waals surface area (Å²) in [5, 5.41) is 39.8. The van der Waals surface area contributed by atoms with Crippen LogP contribution in [0.25, 0.3) is 0 Å². The minimum atomic E-state index is -1.59. The quantitative estimate of drug-likeness (QED) is 0.0335. The lowest BCUT2D eigenvalue weighted by molar-refractivity contribution is -0.305. The van der Waals surface area contributed by atoms with Crippen LogP contribution in [0.1, 0.15) is 167 Å². The molecule has 284 valence electrons. The summed E-state index contributed by atoms with van der Waals surface area (Å²) in [6, 6.07) is 0. The van der Waals surface area contributed by atoms with Crippen molar-refractivity contribution in [3.63, 3.8) is 0 Å². The first-order valence-corrected chi connectivity index (χ1v) is 19.4. The number of carbonyl (C=O) groups excluding carboxylic acids is 2. The molecule has 4 N–H and O–H groups in total. The number of esters is 2. The lowest BCUT2D eigenvalue weighted by Gasteiger charge is -2.39. The molecule has 1 saturated heterocycles. The fourth-order valence-electron chi connectivity index (χ4n) is 6.00. The molecule has 0 saturated carbocycles. The van der Waals surface area contributed by atoms with E-state index in [9.17, 15) is 30.0 Å². The molecule has 1 aliphatic rings. The number of rotatable bonds is 32. The number of hydrogen-bond donors (Lipinski definition) is 4. The highest BCUT2D eigenvalue weighted by Gasteiger charge is 2.44. The van der Waals surface area contributed by atoms with Gasteiger partial charge in [-0.15, -0.1) is 0 Å². The maximum Gasteiger partial charge on any atom is 0.306 e. The molecule has 1 aliphatic heterocycles. The summed E-state index contributed by atoms with van der Waals surface area (Å²) in [4.78, 5) is 25.1. The topological polar surface area (TPSA) is 152 Å². The smallest absolute Gasteiger partial charge is 0.306 e. The minimum absolute atomic E-state index is 0.216. The van der Waals surface area contributed by atoms with E-state index in [2.05, 4.69) is 13.8 Å². The number of aliphatic hydroxyl groups is 4. The molecule has 1 rings (SSSR count). The van der Waals surface area contributed by atoms with Crippen LogP contribution in [0.5, 0.6) is 0 Å². The van der Waals surface area contributed by atoms with E-state index in [4.69, 9.17) is 18.9 Å². The first kappa shape index (κ1) is 44.7. The SMILES string of the molecule is [CH2-]CCCCCCCCCC(=O)OC[C@H](CO[C@@H]1O[C@H](CO)[C@H](O)[C@H](O)[C@H]1O)OC(=O)CCCCCCCCCCCCCCCCC. The van der Waals surface area contributed by atoms with Crippen LogP contribution in [0.2, 0.25) is 0 Å². The Morgan fingerprint density at radius 3 is 1.56 bits per heavy atom. The summed E-state index contributed by atoms with van der Waals surface area (Å²) in [6.07, 6.45) is 19.2. The van der Waals surface area contributed by atoms with Gasteiger partial charge in [0.2, 0.25) is 0 Å². The van der Waals surface area contributed by atoms with Crippen LogP contribution in [0.3, 0.4) is 0 Å². The number of unbranched alkanes of at least 4 members (excludes halogenated alkanes) is 21. The molecule has 0 radical (unpaired) electrons. The molecular formula is C38H71O10-. The lowest BCUT2D eigenvalue weighted by Crippen LogP contribution is -2.59. The molecule has 0 bridgehead atoms. The van der Waals surface area contributed by atoms with Gasteiger partial charge in [-0.2, -0.15) is 6.42 Å². The van der Waals surface area contributed by atoms with Crippen molar-refractivity contribution >= 4 is 11.9 Å². The van der Waals surface area contributed by atoms with Gasteiger partial charge in [0, 0.05) is 12.8 Å². The molecule has 0 aromatic heterocycles. The second kappa shape index (κ2) is 30.5. The van der Waals surface area contributed by atoms with Gasteiger partial charge in [0.1, 0.15) is 31.0 Å². The molecule has 6 atom stereocenters. The van der Waals surface area contributed by atoms with Gasteiger partial charge < -0.3 is 46.3 Å². The molecule has 0 aliphatic carbocycles. The summed E-state index contributed by atoms with van der Waals surface area (Å²) >= 11 is 0. The highest BCUT2D eigenvalue weighted by molar-refractivity contribution is 5.70. The zero-order valence-electron chi connectivity index (χ0n) is 30.2. The Labute approximate surface area is 291 Å². The first-order chi connectivity index (χ1) is 23.3. The molecule has 0 spiro atoms. The van der Waals surface area contributed by atoms with Gasteiger partial charge >= 0.3 is 11.9 Å². The average molecular weight is 688 g/mol. The molecular weight excluding hydrogens is 616 g/mol. The van der Waals surface area contributed by atoms with E-state index in [0.29, 0.717) is 6.42 Å². The van der Waals surface area contributed by atoms with Gasteiger partial charge in [-0.05, 0) is 12.8 Å². The Hall–Kier alpha value is -1.30. The van der Waals surface area contributed by atoms with Crippen LogP contribution in [0, 0.1) is 6.92 Å². The number of carbonyl (C=O) groups is 2. The maximum absolute atomic E-state index is 12.7. The third kappa shape index (κ3) is 22.4. The van der Waals surface area contributed by atoms with Gasteiger partial charge in [-0.25, -0.2) is 0 Å². The second-order valence-electron chi connectivity index (χ2n) is 13.6. The van der Waals surface area contributed by atoms with Gasteiger partial charge in [-0.3, -0.25) is 9.59 Å². The van der Waals surface area contributed by atoms with Crippen molar-refractivity contribution in [2.75, 3.05) is 19.8 Å². The zero-order valence-corrected chi connectivity index (χ0v) is 30.2. The van der Waals surface area contributed by atoms with Crippen molar-refractivity contribution in [1.82, 2.24) is 0 Å². The van der Waals surface area contributed by atoms with Gasteiger partial charge in [0.15, 0.2) is 12.4 Å². The van der Waals surface area contributed by atoms with Crippen molar-refractivity contribution < 1.29 is 49.0 Å². The fraction of sp³-hybridized carbons (Fsp3) is 0.921. The number of aliphatic hydroxyl groups excluding tert-OH is 4. The third-order valence-electron chi connectivity index (χ3n) is 9.14. The average Bonchev–Trinajstić information content (AvgIpc) is 3.08. The fourth-order valence-corrected chi connectivity index (χ4v) is 6.00. The maximum atomic E-state index is 12.7. The van der Waals surface area contributed by atoms with E-state index in [1.807, 2.05) is 0 Å². The molecule has 0 aromatic rings. The van der Waals surface area contributed by atoms with Crippen LogP contribution in [-0.4, -0.2) is 89.0 Å². The molecule has 0 amide bonds. The Morgan fingerprint density at radius 2 is 1.08 bits per heavy atom. The van der Waals surface area contributed by atoms with Crippen molar-refractivity contribution in [3.8, 4) is 0 Å². The van der Waals surface area contributed by atoms with Crippen molar-refractivity contribution in [2.24, 2.45) is 0 Å². The monoisotopic (exact) mass is 688 g/mol. The molecule has 0 aromatic carbocycles. The van der Waals surface area contributed by atoms with Gasteiger partial charge in [0.25, 0.3) is 0 Å². The zero-order chi connectivity index (χ0) is 35.2. The Balaban J connectivity index is 2.36. The highest BCUT2D eigenvalue weighted by atomic mass is 16.7. The van der Waals surface area contributed by atoms with Crippen LogP contribution in [0.4, 0.5) is 0 Å². The summed E-state index contributed by atoms with van der Waals surface area (Å²) in [5.41, 5.74) is 0. The molecule has 1 heterocycles. The minimum Gasteiger partial charge on any atom is -0.462 e. The van der Waals surface area contributed by atoms with Gasteiger partial charge in [-0.1, -0.05) is 135 Å². The van der Waals surface area contributed by atoms with Crippen LogP contribution in [-0.2, 0) is 28.5 Å². The predicted octanol–water partition coefficient (Wildman–Crippen LogP) is 6.86. The van der Waals surface area contributed by atoms with E-state index in [0.717, 1.165) is 57.8 Å². The van der Waals surface area contributed by atoms with Crippen molar-refractivity contribution in [2.45, 2.75) is 204 Å². The lowest BCUT2D eigenvalue weighted by atomic mass is 9.99. The molecule has 10 nitrogen and oxygen atoms in total. The van der Waals surface area contributed by atoms with Crippen LogP contribution < -0.4 is 0 Å². The standard InChI is InChI=1S/C38H71O10/c1-3-5-7-9-11-13-14-15-16-17-18-19-21-23-25-27-34(41)47-31(29-45-33(40)26-24-22-20-12-10-8-6-4-2)30-46-38-37(44)36(43)35(42)32(28-39)48-38/h31-32,35-39,42-44H,2-30H2,1H3/q-1/t31-,32-,35+,36+,37-,38-/m1/s1. The van der Waals surface area contributed by atoms with Crippen LogP contribution >= 0.6 is 0 Å². The normalized spacial score (nSPS) is 21.7. The Kier molecular flexibility index (Phi) is 28.4. The van der Waals surface area contributed by atoms with E-state index >= 15 is 0 Å². The van der Waals surface area contributed by atoms with Crippen LogP contribution in [0.15, 0.2) is 0 Å². The molecule has 10 heteroatoms. The Morgan fingerprint density at radius 1 is 0.625 bits per heavy atom. The third-order valence-corrected chi connectivity index (χ3v) is 9.14. The van der Waals surface area contributed by atoms with E-state index in [-0.39, 0.29) is 32.0 Å². The highest BCUT2D eigenvalue weighted by Crippen LogP contribution is 2.22. The van der Waals surface area contributed by atoms with Crippen molar-refractivity contribution in [3.05, 3.63) is 6.92 Å². The summed E-state index contributed by atoms with van der Waals surface area (Å²) in [5.74, 6) is -0.814. The summed E-state index contributed by atoms with van der Waals surface area (Å²) in [7, 11) is 0. The van der Waals surface area contributed by atoms with Gasteiger partial charge in [0.05, 0.1) is 13.2 Å². The van der Waals surface area contributed by atoms with E-state index in [1.54, 1.807) is 0 Å². The largest absolute Gasteiger partial charge is 0.462 e. The summed E-state index contributed by atoms with van der Waals surface area (Å²) < 4.78 is 22.0. The molecule has 48 heavy (non-hydrogen) atoms. The second-order valence-corrected chi connectivity index (χ2v) is 13.6. The summed E-state index contributed by atoms with van der Waals surface area (Å²) in [6.45, 7) is 5.04. The predicted molar refractivity (Wildman–Crippen MR) is 187 cm³/mol.